The highest BCUT2D eigenvalue weighted by Crippen LogP contribution is 2.26. The van der Waals surface area contributed by atoms with Gasteiger partial charge in [0.2, 0.25) is 0 Å². The Morgan fingerprint density at radius 3 is 2.52 bits per heavy atom. The number of rotatable bonds is 8. The zero-order valence-electron chi connectivity index (χ0n) is 13.3. The first kappa shape index (κ1) is 15.8. The Morgan fingerprint density at radius 2 is 2.00 bits per heavy atom. The van der Waals surface area contributed by atoms with Crippen LogP contribution in [0.2, 0.25) is 0 Å². The molecule has 0 aromatic heterocycles. The van der Waals surface area contributed by atoms with E-state index in [9.17, 15) is 4.79 Å². The van der Waals surface area contributed by atoms with Crippen molar-refractivity contribution in [2.45, 2.75) is 45.7 Å². The fourth-order valence-corrected chi connectivity index (χ4v) is 2.53. The Labute approximate surface area is 127 Å². The van der Waals surface area contributed by atoms with Crippen molar-refractivity contribution < 1.29 is 9.53 Å². The molecule has 0 spiro atoms. The molecule has 1 saturated carbocycles. The maximum Gasteiger partial charge on any atom is 0.260 e. The van der Waals surface area contributed by atoms with Crippen LogP contribution in [0.4, 0.5) is 0 Å². The van der Waals surface area contributed by atoms with Gasteiger partial charge < -0.3 is 15.0 Å². The number of ether oxygens (including phenoxy) is 1. The average Bonchev–Trinajstić information content (AvgIpc) is 3.31. The highest BCUT2D eigenvalue weighted by Gasteiger charge is 2.31. The van der Waals surface area contributed by atoms with Crippen molar-refractivity contribution in [2.24, 2.45) is 0 Å². The van der Waals surface area contributed by atoms with E-state index in [1.807, 2.05) is 36.1 Å². The van der Waals surface area contributed by atoms with Crippen LogP contribution in [0.1, 0.15) is 45.2 Å². The van der Waals surface area contributed by atoms with Crippen molar-refractivity contribution >= 4 is 5.91 Å². The molecule has 1 fully saturated rings. The molecule has 1 aromatic carbocycles. The summed E-state index contributed by atoms with van der Waals surface area (Å²) in [4.78, 5) is 14.0. The lowest BCUT2D eigenvalue weighted by Crippen LogP contribution is -2.36. The second-order valence-corrected chi connectivity index (χ2v) is 5.55. The second-order valence-electron chi connectivity index (χ2n) is 5.55. The molecular weight excluding hydrogens is 264 g/mol. The fraction of sp³-hybridized carbons (Fsp3) is 0.588. The van der Waals surface area contributed by atoms with E-state index in [1.165, 1.54) is 5.56 Å². The van der Waals surface area contributed by atoms with Gasteiger partial charge in [0.1, 0.15) is 5.75 Å². The molecule has 2 rings (SSSR count). The van der Waals surface area contributed by atoms with Crippen molar-refractivity contribution in [3.05, 3.63) is 29.8 Å². The van der Waals surface area contributed by atoms with Gasteiger partial charge in [-0.2, -0.15) is 0 Å². The average molecular weight is 290 g/mol. The van der Waals surface area contributed by atoms with Crippen molar-refractivity contribution in [3.63, 3.8) is 0 Å². The quantitative estimate of drug-likeness (QED) is 0.800. The summed E-state index contributed by atoms with van der Waals surface area (Å²) in [6, 6.07) is 8.75. The molecule has 21 heavy (non-hydrogen) atoms. The molecular formula is C17H26N2O2. The third-order valence-electron chi connectivity index (χ3n) is 3.90. The SMILES string of the molecule is CCNC(C)c1ccc(OCC(=O)N(CC)C2CC2)cc1. The summed E-state index contributed by atoms with van der Waals surface area (Å²) in [6.45, 7) is 8.10. The summed E-state index contributed by atoms with van der Waals surface area (Å²) >= 11 is 0. The lowest BCUT2D eigenvalue weighted by Gasteiger charge is -2.20. The highest BCUT2D eigenvalue weighted by molar-refractivity contribution is 5.78. The lowest BCUT2D eigenvalue weighted by molar-refractivity contribution is -0.133. The molecule has 0 radical (unpaired) electrons. The number of hydrogen-bond donors (Lipinski definition) is 1. The van der Waals surface area contributed by atoms with E-state index in [2.05, 4.69) is 19.2 Å². The number of carbonyl (C=O) groups excluding carboxylic acids is 1. The first-order valence-electron chi connectivity index (χ1n) is 7.91. The minimum atomic E-state index is 0.0881. The lowest BCUT2D eigenvalue weighted by atomic mass is 10.1. The van der Waals surface area contributed by atoms with E-state index < -0.39 is 0 Å². The molecule has 0 aliphatic heterocycles. The first-order valence-corrected chi connectivity index (χ1v) is 7.91. The van der Waals surface area contributed by atoms with E-state index in [4.69, 9.17) is 4.74 Å². The summed E-state index contributed by atoms with van der Waals surface area (Å²) in [5, 5.41) is 3.37. The molecule has 4 nitrogen and oxygen atoms in total. The molecule has 1 atom stereocenters. The predicted molar refractivity (Wildman–Crippen MR) is 84.4 cm³/mol. The number of carbonyl (C=O) groups is 1. The van der Waals surface area contributed by atoms with Crippen LogP contribution in [-0.2, 0) is 4.79 Å². The molecule has 1 N–H and O–H groups in total. The maximum absolute atomic E-state index is 12.1. The Morgan fingerprint density at radius 1 is 1.33 bits per heavy atom. The Bertz CT molecular complexity index is 454. The molecule has 116 valence electrons. The van der Waals surface area contributed by atoms with Crippen LogP contribution in [0.15, 0.2) is 24.3 Å². The fourth-order valence-electron chi connectivity index (χ4n) is 2.53. The van der Waals surface area contributed by atoms with Gasteiger partial charge in [-0.1, -0.05) is 19.1 Å². The maximum atomic E-state index is 12.1. The summed E-state index contributed by atoms with van der Waals surface area (Å²) < 4.78 is 5.61. The van der Waals surface area contributed by atoms with Crippen molar-refractivity contribution in [1.29, 1.82) is 0 Å². The molecule has 0 heterocycles. The first-order chi connectivity index (χ1) is 10.2. The summed E-state index contributed by atoms with van der Waals surface area (Å²) in [7, 11) is 0. The summed E-state index contributed by atoms with van der Waals surface area (Å²) in [5.74, 6) is 0.841. The molecule has 0 saturated heterocycles. The molecule has 0 bridgehead atoms. The molecule has 1 amide bonds. The van der Waals surface area contributed by atoms with Gasteiger partial charge in [-0.05, 0) is 50.9 Å². The number of nitrogens with zero attached hydrogens (tertiary/aromatic N) is 1. The van der Waals surface area contributed by atoms with Crippen LogP contribution in [0.3, 0.4) is 0 Å². The topological polar surface area (TPSA) is 41.6 Å². The number of benzene rings is 1. The summed E-state index contributed by atoms with van der Waals surface area (Å²) in [6.07, 6.45) is 2.27. The Kier molecular flexibility index (Phi) is 5.62. The highest BCUT2D eigenvalue weighted by atomic mass is 16.5. The van der Waals surface area contributed by atoms with Gasteiger partial charge in [-0.3, -0.25) is 4.79 Å². The van der Waals surface area contributed by atoms with Crippen molar-refractivity contribution in [2.75, 3.05) is 19.7 Å². The monoisotopic (exact) mass is 290 g/mol. The van der Waals surface area contributed by atoms with Crippen LogP contribution >= 0.6 is 0 Å². The Balaban J connectivity index is 1.84. The van der Waals surface area contributed by atoms with Crippen LogP contribution in [0, 0.1) is 0 Å². The van der Waals surface area contributed by atoms with E-state index in [1.54, 1.807) is 0 Å². The Hall–Kier alpha value is -1.55. The number of hydrogen-bond acceptors (Lipinski definition) is 3. The van der Waals surface area contributed by atoms with Crippen molar-refractivity contribution in [3.8, 4) is 5.75 Å². The predicted octanol–water partition coefficient (Wildman–Crippen LogP) is 2.75. The van der Waals surface area contributed by atoms with Gasteiger partial charge in [0.05, 0.1) is 0 Å². The van der Waals surface area contributed by atoms with E-state index in [0.29, 0.717) is 12.1 Å². The van der Waals surface area contributed by atoms with Gasteiger partial charge in [0.15, 0.2) is 6.61 Å². The normalized spacial score (nSPS) is 15.6. The number of amides is 1. The summed E-state index contributed by atoms with van der Waals surface area (Å²) in [5.41, 5.74) is 1.23. The van der Waals surface area contributed by atoms with Crippen LogP contribution in [0.5, 0.6) is 5.75 Å². The third kappa shape index (κ3) is 4.46. The minimum Gasteiger partial charge on any atom is -0.484 e. The molecule has 1 aliphatic carbocycles. The zero-order chi connectivity index (χ0) is 15.2. The largest absolute Gasteiger partial charge is 0.484 e. The van der Waals surface area contributed by atoms with Gasteiger partial charge in [0, 0.05) is 18.6 Å². The number of nitrogens with one attached hydrogen (secondary N) is 1. The second kappa shape index (κ2) is 7.46. The van der Waals surface area contributed by atoms with Crippen LogP contribution < -0.4 is 10.1 Å². The smallest absolute Gasteiger partial charge is 0.260 e. The molecule has 1 aromatic rings. The standard InChI is InChI=1S/C17H26N2O2/c1-4-18-13(3)14-6-10-16(11-7-14)21-12-17(20)19(5-2)15-8-9-15/h6-7,10-11,13,15,18H,4-5,8-9,12H2,1-3H3. The third-order valence-corrected chi connectivity index (χ3v) is 3.90. The van der Waals surface area contributed by atoms with Crippen LogP contribution in [-0.4, -0.2) is 36.5 Å². The van der Waals surface area contributed by atoms with E-state index in [-0.39, 0.29) is 12.5 Å². The zero-order valence-corrected chi connectivity index (χ0v) is 13.3. The minimum absolute atomic E-state index is 0.0881. The van der Waals surface area contributed by atoms with Crippen LogP contribution in [0.25, 0.3) is 0 Å². The van der Waals surface area contributed by atoms with Gasteiger partial charge in [-0.25, -0.2) is 0 Å². The van der Waals surface area contributed by atoms with Gasteiger partial charge >= 0.3 is 0 Å². The number of likely N-dealkylation sites (N-methyl/N-ethyl adjacent to an activating group) is 1. The van der Waals surface area contributed by atoms with Gasteiger partial charge in [-0.15, -0.1) is 0 Å². The molecule has 4 heteroatoms. The van der Waals surface area contributed by atoms with Gasteiger partial charge in [0.25, 0.3) is 5.91 Å². The van der Waals surface area contributed by atoms with E-state index >= 15 is 0 Å². The van der Waals surface area contributed by atoms with E-state index in [0.717, 1.165) is 31.7 Å². The molecule has 1 unspecified atom stereocenters. The van der Waals surface area contributed by atoms with Crippen molar-refractivity contribution in [1.82, 2.24) is 10.2 Å². The molecule has 1 aliphatic rings.